The van der Waals surface area contributed by atoms with E-state index in [9.17, 15) is 13.2 Å². The summed E-state index contributed by atoms with van der Waals surface area (Å²) >= 11 is 0. The Morgan fingerprint density at radius 2 is 1.80 bits per heavy atom. The van der Waals surface area contributed by atoms with E-state index in [0.717, 1.165) is 12.1 Å². The summed E-state index contributed by atoms with van der Waals surface area (Å²) in [5.41, 5.74) is 0.137. The van der Waals surface area contributed by atoms with Crippen LogP contribution in [0.25, 0.3) is 0 Å². The third-order valence-corrected chi connectivity index (χ3v) is 2.04. The van der Waals surface area contributed by atoms with Crippen LogP contribution < -0.4 is 0 Å². The molecular weight excluding hydrogens is 201 g/mol. The molecule has 0 radical (unpaired) electrons. The second-order valence-corrected chi connectivity index (χ2v) is 4.89. The Labute approximate surface area is 88.1 Å². The van der Waals surface area contributed by atoms with E-state index in [-0.39, 0.29) is 11.0 Å². The molecule has 1 aromatic rings. The Hall–Kier alpha value is -0.990. The molecule has 0 aromatic heterocycles. The molecule has 0 spiro atoms. The van der Waals surface area contributed by atoms with Crippen LogP contribution in [0.2, 0.25) is 0 Å². The average molecular weight is 216 g/mol. The molecule has 0 aliphatic heterocycles. The molecule has 15 heavy (non-hydrogen) atoms. The summed E-state index contributed by atoms with van der Waals surface area (Å²) in [6.07, 6.45) is -2.08. The van der Waals surface area contributed by atoms with Crippen LogP contribution in [0.3, 0.4) is 0 Å². The summed E-state index contributed by atoms with van der Waals surface area (Å²) in [6, 6.07) is 3.50. The highest BCUT2D eigenvalue weighted by atomic mass is 19.3. The molecule has 0 aliphatic carbocycles. The average Bonchev–Trinajstić information content (AvgIpc) is 2.06. The zero-order chi connectivity index (χ0) is 11.6. The van der Waals surface area contributed by atoms with Gasteiger partial charge in [0.2, 0.25) is 0 Å². The first kappa shape index (κ1) is 12.1. The van der Waals surface area contributed by atoms with E-state index in [2.05, 4.69) is 0 Å². The van der Waals surface area contributed by atoms with Gasteiger partial charge in [0.1, 0.15) is 5.82 Å². The molecule has 0 bridgehead atoms. The Balaban J connectivity index is 3.01. The Kier molecular flexibility index (Phi) is 3.42. The fourth-order valence-corrected chi connectivity index (χ4v) is 1.44. The van der Waals surface area contributed by atoms with Gasteiger partial charge in [-0.25, -0.2) is 13.2 Å². The number of hydrogen-bond acceptors (Lipinski definition) is 0. The second-order valence-electron chi connectivity index (χ2n) is 4.89. The van der Waals surface area contributed by atoms with Crippen LogP contribution in [0, 0.1) is 11.2 Å². The monoisotopic (exact) mass is 216 g/mol. The van der Waals surface area contributed by atoms with Crippen molar-refractivity contribution in [3.8, 4) is 0 Å². The summed E-state index contributed by atoms with van der Waals surface area (Å²) in [7, 11) is 0. The van der Waals surface area contributed by atoms with Gasteiger partial charge in [-0.3, -0.25) is 0 Å². The predicted molar refractivity (Wildman–Crippen MR) is 54.5 cm³/mol. The molecule has 1 aromatic carbocycles. The van der Waals surface area contributed by atoms with Crippen molar-refractivity contribution in [1.82, 2.24) is 0 Å². The first-order valence-electron chi connectivity index (χ1n) is 4.86. The molecular formula is C12H15F3. The van der Waals surface area contributed by atoms with Gasteiger partial charge in [-0.05, 0) is 29.5 Å². The van der Waals surface area contributed by atoms with Crippen molar-refractivity contribution in [3.63, 3.8) is 0 Å². The van der Waals surface area contributed by atoms with Crippen molar-refractivity contribution in [2.45, 2.75) is 33.6 Å². The first-order chi connectivity index (χ1) is 6.79. The van der Waals surface area contributed by atoms with Crippen molar-refractivity contribution < 1.29 is 13.2 Å². The largest absolute Gasteiger partial charge is 0.263 e. The van der Waals surface area contributed by atoms with E-state index < -0.39 is 12.2 Å². The molecule has 0 N–H and O–H groups in total. The lowest BCUT2D eigenvalue weighted by Crippen LogP contribution is -2.10. The van der Waals surface area contributed by atoms with Crippen molar-refractivity contribution >= 4 is 0 Å². The standard InChI is InChI=1S/C12H15F3/c1-12(2,3)7-9-6-8(11(14)15)4-5-10(9)13/h4-6,11H,7H2,1-3H3. The number of alkyl halides is 2. The van der Waals surface area contributed by atoms with Gasteiger partial charge in [0.15, 0.2) is 0 Å². The highest BCUT2D eigenvalue weighted by Gasteiger charge is 2.16. The molecule has 0 atom stereocenters. The molecule has 0 saturated heterocycles. The summed E-state index contributed by atoms with van der Waals surface area (Å²) < 4.78 is 38.1. The third kappa shape index (κ3) is 3.57. The molecule has 0 nitrogen and oxygen atoms in total. The lowest BCUT2D eigenvalue weighted by molar-refractivity contribution is 0.151. The number of benzene rings is 1. The maximum atomic E-state index is 13.3. The van der Waals surface area contributed by atoms with E-state index in [1.807, 2.05) is 20.8 Å². The molecule has 84 valence electrons. The Morgan fingerprint density at radius 1 is 1.20 bits per heavy atom. The van der Waals surface area contributed by atoms with E-state index in [4.69, 9.17) is 0 Å². The van der Waals surface area contributed by atoms with Gasteiger partial charge in [-0.2, -0.15) is 0 Å². The van der Waals surface area contributed by atoms with Crippen molar-refractivity contribution in [1.29, 1.82) is 0 Å². The van der Waals surface area contributed by atoms with Crippen molar-refractivity contribution in [3.05, 3.63) is 35.1 Å². The topological polar surface area (TPSA) is 0 Å². The second kappa shape index (κ2) is 4.25. The van der Waals surface area contributed by atoms with Gasteiger partial charge < -0.3 is 0 Å². The molecule has 0 fully saturated rings. The normalized spacial score (nSPS) is 12.2. The van der Waals surface area contributed by atoms with E-state index in [1.165, 1.54) is 6.07 Å². The fraction of sp³-hybridized carbons (Fsp3) is 0.500. The minimum atomic E-state index is -2.54. The number of halogens is 3. The van der Waals surface area contributed by atoms with E-state index >= 15 is 0 Å². The van der Waals surface area contributed by atoms with Crippen LogP contribution in [0.5, 0.6) is 0 Å². The Morgan fingerprint density at radius 3 is 2.27 bits per heavy atom. The van der Waals surface area contributed by atoms with Gasteiger partial charge >= 0.3 is 0 Å². The van der Waals surface area contributed by atoms with Crippen molar-refractivity contribution in [2.75, 3.05) is 0 Å². The molecule has 0 aliphatic rings. The number of rotatable bonds is 2. The highest BCUT2D eigenvalue weighted by Crippen LogP contribution is 2.26. The van der Waals surface area contributed by atoms with Crippen LogP contribution in [-0.2, 0) is 6.42 Å². The van der Waals surface area contributed by atoms with Gasteiger partial charge in [-0.15, -0.1) is 0 Å². The van der Waals surface area contributed by atoms with E-state index in [0.29, 0.717) is 12.0 Å². The van der Waals surface area contributed by atoms with Crippen LogP contribution in [0.15, 0.2) is 18.2 Å². The third-order valence-electron chi connectivity index (χ3n) is 2.04. The molecule has 1 rings (SSSR count). The summed E-state index contributed by atoms with van der Waals surface area (Å²) in [5, 5.41) is 0. The zero-order valence-corrected chi connectivity index (χ0v) is 9.15. The maximum Gasteiger partial charge on any atom is 0.263 e. The van der Waals surface area contributed by atoms with Gasteiger partial charge in [-0.1, -0.05) is 26.8 Å². The van der Waals surface area contributed by atoms with Crippen LogP contribution in [-0.4, -0.2) is 0 Å². The Bertz CT molecular complexity index is 337. The smallest absolute Gasteiger partial charge is 0.207 e. The van der Waals surface area contributed by atoms with Gasteiger partial charge in [0.05, 0.1) is 0 Å². The quantitative estimate of drug-likeness (QED) is 0.689. The summed E-state index contributed by atoms with van der Waals surface area (Å²) in [6.45, 7) is 5.84. The number of hydrogen-bond donors (Lipinski definition) is 0. The SMILES string of the molecule is CC(C)(C)Cc1cc(C(F)F)ccc1F. The van der Waals surface area contributed by atoms with Crippen LogP contribution in [0.4, 0.5) is 13.2 Å². The van der Waals surface area contributed by atoms with Crippen molar-refractivity contribution in [2.24, 2.45) is 5.41 Å². The van der Waals surface area contributed by atoms with Crippen LogP contribution >= 0.6 is 0 Å². The first-order valence-corrected chi connectivity index (χ1v) is 4.86. The van der Waals surface area contributed by atoms with E-state index in [1.54, 1.807) is 0 Å². The molecule has 0 unspecified atom stereocenters. The minimum absolute atomic E-state index is 0.110. The molecule has 3 heteroatoms. The molecule has 0 amide bonds. The molecule has 0 heterocycles. The highest BCUT2D eigenvalue weighted by molar-refractivity contribution is 5.26. The summed E-state index contributed by atoms with van der Waals surface area (Å²) in [5.74, 6) is -0.408. The lowest BCUT2D eigenvalue weighted by atomic mass is 9.87. The van der Waals surface area contributed by atoms with Gasteiger partial charge in [0.25, 0.3) is 6.43 Å². The van der Waals surface area contributed by atoms with Crippen LogP contribution in [0.1, 0.15) is 38.3 Å². The molecule has 0 saturated carbocycles. The lowest BCUT2D eigenvalue weighted by Gasteiger charge is -2.19. The fourth-order valence-electron chi connectivity index (χ4n) is 1.44. The minimum Gasteiger partial charge on any atom is -0.207 e. The summed E-state index contributed by atoms with van der Waals surface area (Å²) in [4.78, 5) is 0. The zero-order valence-electron chi connectivity index (χ0n) is 9.15. The predicted octanol–water partition coefficient (Wildman–Crippen LogP) is 4.35. The van der Waals surface area contributed by atoms with Gasteiger partial charge in [0, 0.05) is 5.56 Å². The maximum absolute atomic E-state index is 13.3.